The van der Waals surface area contributed by atoms with Crippen molar-refractivity contribution in [2.45, 2.75) is 38.2 Å². The first kappa shape index (κ1) is 14.6. The van der Waals surface area contributed by atoms with Crippen LogP contribution >= 0.6 is 0 Å². The summed E-state index contributed by atoms with van der Waals surface area (Å²) in [6, 6.07) is 10.4. The Morgan fingerprint density at radius 3 is 2.43 bits per heavy atom. The number of carbonyl (C=O) groups excluding carboxylic acids is 1. The standard InChI is InChI=1S/C18H25NO2/c1-3-17(20)21-18(14-8-5-4-6-9-14)15-10-7-11-16(18)13-19(2)12-15/h4-6,8-9,15-16H,3,7,10-13H2,1-2H3. The van der Waals surface area contributed by atoms with Crippen molar-refractivity contribution in [2.24, 2.45) is 11.8 Å². The van der Waals surface area contributed by atoms with Crippen molar-refractivity contribution in [2.75, 3.05) is 20.1 Å². The van der Waals surface area contributed by atoms with Gasteiger partial charge in [0.1, 0.15) is 5.60 Å². The van der Waals surface area contributed by atoms with Gasteiger partial charge in [0.15, 0.2) is 0 Å². The Hall–Kier alpha value is -1.35. The van der Waals surface area contributed by atoms with Gasteiger partial charge in [-0.05, 0) is 25.5 Å². The minimum Gasteiger partial charge on any atom is -0.453 e. The molecule has 1 aromatic carbocycles. The van der Waals surface area contributed by atoms with Gasteiger partial charge < -0.3 is 9.64 Å². The number of hydrogen-bond donors (Lipinski definition) is 0. The van der Waals surface area contributed by atoms with Gasteiger partial charge in [-0.25, -0.2) is 0 Å². The summed E-state index contributed by atoms with van der Waals surface area (Å²) in [5.41, 5.74) is 0.786. The lowest BCUT2D eigenvalue weighted by Gasteiger charge is -2.54. The number of ether oxygens (including phenoxy) is 1. The molecule has 1 aliphatic heterocycles. The van der Waals surface area contributed by atoms with Crippen LogP contribution in [0.4, 0.5) is 0 Å². The molecule has 0 radical (unpaired) electrons. The van der Waals surface area contributed by atoms with Crippen molar-refractivity contribution >= 4 is 5.97 Å². The molecular weight excluding hydrogens is 262 g/mol. The zero-order valence-corrected chi connectivity index (χ0v) is 13.0. The zero-order valence-electron chi connectivity index (χ0n) is 13.0. The Labute approximate surface area is 127 Å². The smallest absolute Gasteiger partial charge is 0.306 e. The molecule has 1 saturated carbocycles. The van der Waals surface area contributed by atoms with E-state index in [0.29, 0.717) is 18.3 Å². The lowest BCUT2D eigenvalue weighted by molar-refractivity contribution is -0.197. The third-order valence-corrected chi connectivity index (χ3v) is 5.18. The first-order valence-corrected chi connectivity index (χ1v) is 8.12. The molecule has 2 atom stereocenters. The Morgan fingerprint density at radius 1 is 1.24 bits per heavy atom. The van der Waals surface area contributed by atoms with E-state index in [1.165, 1.54) is 12.0 Å². The Balaban J connectivity index is 2.05. The van der Waals surface area contributed by atoms with Gasteiger partial charge in [0.2, 0.25) is 0 Å². The highest BCUT2D eigenvalue weighted by atomic mass is 16.6. The monoisotopic (exact) mass is 287 g/mol. The summed E-state index contributed by atoms with van der Waals surface area (Å²) in [6.07, 6.45) is 3.99. The summed E-state index contributed by atoms with van der Waals surface area (Å²) in [4.78, 5) is 14.5. The van der Waals surface area contributed by atoms with E-state index in [0.717, 1.165) is 25.9 Å². The van der Waals surface area contributed by atoms with Gasteiger partial charge in [-0.2, -0.15) is 0 Å². The number of carbonyl (C=O) groups is 1. The molecule has 2 bridgehead atoms. The first-order valence-electron chi connectivity index (χ1n) is 8.12. The zero-order chi connectivity index (χ0) is 14.9. The van der Waals surface area contributed by atoms with Crippen molar-refractivity contribution in [1.29, 1.82) is 0 Å². The van der Waals surface area contributed by atoms with Crippen LogP contribution in [0.3, 0.4) is 0 Å². The van der Waals surface area contributed by atoms with Gasteiger partial charge in [0.25, 0.3) is 0 Å². The van der Waals surface area contributed by atoms with Crippen LogP contribution in [-0.4, -0.2) is 31.0 Å². The number of hydrogen-bond acceptors (Lipinski definition) is 3. The van der Waals surface area contributed by atoms with Crippen molar-refractivity contribution in [3.8, 4) is 0 Å². The molecule has 3 rings (SSSR count). The van der Waals surface area contributed by atoms with Crippen LogP contribution in [0, 0.1) is 11.8 Å². The Kier molecular flexibility index (Phi) is 4.03. The van der Waals surface area contributed by atoms with Gasteiger partial charge in [-0.15, -0.1) is 0 Å². The summed E-state index contributed by atoms with van der Waals surface area (Å²) in [7, 11) is 2.18. The van der Waals surface area contributed by atoms with E-state index in [1.807, 2.05) is 13.0 Å². The van der Waals surface area contributed by atoms with Crippen LogP contribution in [0.5, 0.6) is 0 Å². The third-order valence-electron chi connectivity index (χ3n) is 5.18. The number of nitrogens with zero attached hydrogens (tertiary/aromatic N) is 1. The van der Waals surface area contributed by atoms with Crippen LogP contribution in [0.15, 0.2) is 30.3 Å². The minimum atomic E-state index is -0.404. The molecule has 3 heteroatoms. The molecule has 2 unspecified atom stereocenters. The van der Waals surface area contributed by atoms with E-state index in [1.54, 1.807) is 0 Å². The summed E-state index contributed by atoms with van der Waals surface area (Å²) in [5, 5.41) is 0. The SMILES string of the molecule is CCC(=O)OC1(c2ccccc2)C2CCCC1CN(C)C2. The van der Waals surface area contributed by atoms with Crippen LogP contribution < -0.4 is 0 Å². The molecule has 0 amide bonds. The highest BCUT2D eigenvalue weighted by Gasteiger charge is 2.54. The number of fused-ring (bicyclic) bond motifs is 2. The normalized spacial score (nSPS) is 32.7. The predicted molar refractivity (Wildman–Crippen MR) is 82.8 cm³/mol. The Morgan fingerprint density at radius 2 is 1.86 bits per heavy atom. The summed E-state index contributed by atoms with van der Waals surface area (Å²) >= 11 is 0. The van der Waals surface area contributed by atoms with E-state index in [9.17, 15) is 4.79 Å². The molecule has 0 spiro atoms. The van der Waals surface area contributed by atoms with Gasteiger partial charge in [-0.3, -0.25) is 4.79 Å². The fourth-order valence-corrected chi connectivity index (χ4v) is 4.31. The molecule has 21 heavy (non-hydrogen) atoms. The lowest BCUT2D eigenvalue weighted by Crippen LogP contribution is -2.59. The maximum atomic E-state index is 12.1. The van der Waals surface area contributed by atoms with Crippen molar-refractivity contribution in [1.82, 2.24) is 4.90 Å². The summed E-state index contributed by atoms with van der Waals surface area (Å²) in [5.74, 6) is 0.751. The molecule has 114 valence electrons. The molecule has 1 aliphatic carbocycles. The quantitative estimate of drug-likeness (QED) is 0.800. The predicted octanol–water partition coefficient (Wildman–Crippen LogP) is 3.20. The molecule has 1 aromatic rings. The summed E-state index contributed by atoms with van der Waals surface area (Å²) < 4.78 is 6.16. The molecule has 1 saturated heterocycles. The van der Waals surface area contributed by atoms with Crippen LogP contribution in [0.2, 0.25) is 0 Å². The first-order chi connectivity index (χ1) is 10.2. The molecule has 1 heterocycles. The average Bonchev–Trinajstić information content (AvgIpc) is 2.49. The molecule has 2 aliphatic rings. The summed E-state index contributed by atoms with van der Waals surface area (Å²) in [6.45, 7) is 3.91. The van der Waals surface area contributed by atoms with Crippen molar-refractivity contribution in [3.63, 3.8) is 0 Å². The number of benzene rings is 1. The Bertz CT molecular complexity index is 485. The number of likely N-dealkylation sites (tertiary alicyclic amines) is 1. The number of piperidine rings is 1. The molecule has 3 nitrogen and oxygen atoms in total. The number of rotatable bonds is 3. The van der Waals surface area contributed by atoms with Crippen molar-refractivity contribution in [3.05, 3.63) is 35.9 Å². The van der Waals surface area contributed by atoms with Crippen LogP contribution in [0.25, 0.3) is 0 Å². The number of esters is 1. The highest BCUT2D eigenvalue weighted by molar-refractivity contribution is 5.70. The van der Waals surface area contributed by atoms with E-state index < -0.39 is 5.60 Å². The fourth-order valence-electron chi connectivity index (χ4n) is 4.31. The van der Waals surface area contributed by atoms with E-state index in [-0.39, 0.29) is 5.97 Å². The maximum absolute atomic E-state index is 12.1. The second-order valence-electron chi connectivity index (χ2n) is 6.53. The highest BCUT2D eigenvalue weighted by Crippen LogP contribution is 2.51. The second-order valence-corrected chi connectivity index (χ2v) is 6.53. The van der Waals surface area contributed by atoms with Crippen LogP contribution in [0.1, 0.15) is 38.2 Å². The third kappa shape index (κ3) is 2.48. The maximum Gasteiger partial charge on any atom is 0.306 e. The molecule has 2 fully saturated rings. The largest absolute Gasteiger partial charge is 0.453 e. The van der Waals surface area contributed by atoms with E-state index in [4.69, 9.17) is 4.74 Å². The van der Waals surface area contributed by atoms with Gasteiger partial charge in [0, 0.05) is 31.3 Å². The van der Waals surface area contributed by atoms with Gasteiger partial charge >= 0.3 is 5.97 Å². The van der Waals surface area contributed by atoms with Gasteiger partial charge in [-0.1, -0.05) is 43.7 Å². The lowest BCUT2D eigenvalue weighted by atomic mass is 9.62. The molecule has 0 aromatic heterocycles. The van der Waals surface area contributed by atoms with E-state index in [2.05, 4.69) is 36.2 Å². The molecular formula is C18H25NO2. The van der Waals surface area contributed by atoms with Crippen LogP contribution in [-0.2, 0) is 15.1 Å². The molecule has 0 N–H and O–H groups in total. The fraction of sp³-hybridized carbons (Fsp3) is 0.611. The second kappa shape index (κ2) is 5.80. The van der Waals surface area contributed by atoms with E-state index >= 15 is 0 Å². The minimum absolute atomic E-state index is 0.0692. The average molecular weight is 287 g/mol. The topological polar surface area (TPSA) is 29.5 Å². The van der Waals surface area contributed by atoms with Gasteiger partial charge in [0.05, 0.1) is 0 Å². The van der Waals surface area contributed by atoms with Crippen molar-refractivity contribution < 1.29 is 9.53 Å².